The van der Waals surface area contributed by atoms with Crippen LogP contribution in [0.15, 0.2) is 60.7 Å². The summed E-state index contributed by atoms with van der Waals surface area (Å²) in [7, 11) is 0. The number of piperidine rings is 1. The van der Waals surface area contributed by atoms with E-state index in [4.69, 9.17) is 15.2 Å². The highest BCUT2D eigenvalue weighted by Crippen LogP contribution is 2.41. The van der Waals surface area contributed by atoms with Crippen LogP contribution < -0.4 is 15.4 Å². The van der Waals surface area contributed by atoms with Crippen molar-refractivity contribution in [1.82, 2.24) is 0 Å². The minimum absolute atomic E-state index is 0.241. The zero-order valence-electron chi connectivity index (χ0n) is 22.1. The summed E-state index contributed by atoms with van der Waals surface area (Å²) in [6.45, 7) is 8.12. The molecule has 196 valence electrons. The summed E-state index contributed by atoms with van der Waals surface area (Å²) in [5.74, 6) is 0.661. The number of hydrogen-bond donors (Lipinski definition) is 1. The van der Waals surface area contributed by atoms with Gasteiger partial charge in [-0.25, -0.2) is 4.39 Å². The summed E-state index contributed by atoms with van der Waals surface area (Å²) in [6, 6.07) is 19.7. The van der Waals surface area contributed by atoms with Gasteiger partial charge in [-0.1, -0.05) is 43.3 Å². The molecule has 2 aliphatic rings. The number of anilines is 1. The van der Waals surface area contributed by atoms with Crippen molar-refractivity contribution in [3.63, 3.8) is 0 Å². The monoisotopic (exact) mass is 502 g/mol. The van der Waals surface area contributed by atoms with E-state index >= 15 is 4.39 Å². The molecule has 2 fully saturated rings. The number of hydrogen-bond acceptors (Lipinski definition) is 4. The number of benzene rings is 3. The lowest BCUT2D eigenvalue weighted by Crippen LogP contribution is -2.44. The van der Waals surface area contributed by atoms with Crippen LogP contribution in [0, 0.1) is 11.2 Å². The number of ether oxygens (including phenoxy) is 2. The second-order valence-corrected chi connectivity index (χ2v) is 10.8. The predicted molar refractivity (Wildman–Crippen MR) is 149 cm³/mol. The molecule has 2 N–H and O–H groups in total. The Morgan fingerprint density at radius 1 is 1.05 bits per heavy atom. The first-order valence-corrected chi connectivity index (χ1v) is 13.7. The quantitative estimate of drug-likeness (QED) is 0.376. The molecule has 2 saturated heterocycles. The summed E-state index contributed by atoms with van der Waals surface area (Å²) >= 11 is 0. The molecule has 0 amide bonds. The Bertz CT molecular complexity index is 1210. The lowest BCUT2D eigenvalue weighted by atomic mass is 9.74. The fraction of sp³-hybridized carbons (Fsp3) is 0.438. The maximum atomic E-state index is 15.6. The number of nitrogens with zero attached hydrogens (tertiary/aromatic N) is 1. The van der Waals surface area contributed by atoms with Gasteiger partial charge in [0.1, 0.15) is 18.2 Å². The van der Waals surface area contributed by atoms with Gasteiger partial charge in [0, 0.05) is 42.6 Å². The first-order chi connectivity index (χ1) is 18.0. The van der Waals surface area contributed by atoms with Crippen LogP contribution in [0.4, 0.5) is 10.1 Å². The minimum atomic E-state index is -0.368. The molecule has 3 aromatic carbocycles. The molecule has 5 heteroatoms. The van der Waals surface area contributed by atoms with E-state index < -0.39 is 0 Å². The smallest absolute Gasteiger partial charge is 0.135 e. The predicted octanol–water partition coefficient (Wildman–Crippen LogP) is 7.05. The van der Waals surface area contributed by atoms with Crippen LogP contribution >= 0.6 is 0 Å². The van der Waals surface area contributed by atoms with Crippen molar-refractivity contribution in [3.05, 3.63) is 83.2 Å². The Morgan fingerprint density at radius 3 is 2.59 bits per heavy atom. The van der Waals surface area contributed by atoms with Crippen LogP contribution in [-0.4, -0.2) is 26.3 Å². The largest absolute Gasteiger partial charge is 0.489 e. The van der Waals surface area contributed by atoms with E-state index in [1.165, 1.54) is 12.0 Å². The van der Waals surface area contributed by atoms with Gasteiger partial charge in [-0.05, 0) is 85.4 Å². The van der Waals surface area contributed by atoms with Crippen LogP contribution in [0.2, 0.25) is 0 Å². The third-order valence-electron chi connectivity index (χ3n) is 8.15. The van der Waals surface area contributed by atoms with E-state index in [2.05, 4.69) is 36.1 Å². The van der Waals surface area contributed by atoms with E-state index in [0.717, 1.165) is 74.6 Å². The zero-order valence-corrected chi connectivity index (χ0v) is 22.1. The molecule has 0 radical (unpaired) electrons. The molecule has 37 heavy (non-hydrogen) atoms. The highest BCUT2D eigenvalue weighted by molar-refractivity contribution is 5.71. The number of rotatable bonds is 7. The lowest BCUT2D eigenvalue weighted by Gasteiger charge is -2.44. The van der Waals surface area contributed by atoms with Crippen molar-refractivity contribution < 1.29 is 13.9 Å². The van der Waals surface area contributed by atoms with Crippen molar-refractivity contribution in [3.8, 4) is 16.9 Å². The molecule has 4 nitrogen and oxygen atoms in total. The van der Waals surface area contributed by atoms with Gasteiger partial charge < -0.3 is 20.1 Å². The van der Waals surface area contributed by atoms with Gasteiger partial charge in [0.05, 0.1) is 6.61 Å². The standard InChI is InChI=1S/C32H39FN2O2/c1-3-25-8-4-5-11-30(25)37-21-24-18-26(29-10-6-9-28(23(2)34)31(29)33)20-27(19-24)35-15-13-32(14-16-35)12-7-17-36-22-32/h4-6,8-11,18-20,23H,3,7,12-17,21-22,34H2,1-2H3. The molecule has 1 spiro atoms. The summed E-state index contributed by atoms with van der Waals surface area (Å²) in [6.07, 6.45) is 5.58. The Morgan fingerprint density at radius 2 is 1.86 bits per heavy atom. The Hall–Kier alpha value is -2.89. The average molecular weight is 503 g/mol. The summed E-state index contributed by atoms with van der Waals surface area (Å²) < 4.78 is 27.7. The SMILES string of the molecule is CCc1ccccc1OCc1cc(-c2cccc(C(C)N)c2F)cc(N2CCC3(CCCOC3)CC2)c1. The van der Waals surface area contributed by atoms with Crippen molar-refractivity contribution in [2.45, 2.75) is 58.6 Å². The number of para-hydroxylation sites is 1. The van der Waals surface area contributed by atoms with Crippen LogP contribution in [0.3, 0.4) is 0 Å². The fourth-order valence-electron chi connectivity index (χ4n) is 5.86. The first kappa shape index (κ1) is 25.7. The highest BCUT2D eigenvalue weighted by atomic mass is 19.1. The Labute approximate surface area is 220 Å². The zero-order chi connectivity index (χ0) is 25.8. The highest BCUT2D eigenvalue weighted by Gasteiger charge is 2.36. The number of aryl methyl sites for hydroxylation is 1. The molecule has 3 aromatic rings. The van der Waals surface area contributed by atoms with Gasteiger partial charge in [-0.2, -0.15) is 0 Å². The normalized spacial score (nSPS) is 18.1. The van der Waals surface area contributed by atoms with Gasteiger partial charge in [0.25, 0.3) is 0 Å². The van der Waals surface area contributed by atoms with Crippen LogP contribution in [0.1, 0.15) is 62.3 Å². The minimum Gasteiger partial charge on any atom is -0.489 e. The second-order valence-electron chi connectivity index (χ2n) is 10.8. The van der Waals surface area contributed by atoms with Crippen LogP contribution in [0.25, 0.3) is 11.1 Å². The maximum Gasteiger partial charge on any atom is 0.135 e. The van der Waals surface area contributed by atoms with Crippen LogP contribution in [-0.2, 0) is 17.8 Å². The van der Waals surface area contributed by atoms with Gasteiger partial charge in [0.15, 0.2) is 0 Å². The van der Waals surface area contributed by atoms with E-state index in [1.807, 2.05) is 37.3 Å². The third-order valence-corrected chi connectivity index (χ3v) is 8.15. The molecule has 0 aromatic heterocycles. The van der Waals surface area contributed by atoms with Gasteiger partial charge >= 0.3 is 0 Å². The van der Waals surface area contributed by atoms with E-state index in [9.17, 15) is 0 Å². The van der Waals surface area contributed by atoms with Crippen LogP contribution in [0.5, 0.6) is 5.75 Å². The van der Waals surface area contributed by atoms with Gasteiger partial charge in [-0.15, -0.1) is 0 Å². The van der Waals surface area contributed by atoms with Crippen molar-refractivity contribution in [2.75, 3.05) is 31.2 Å². The van der Waals surface area contributed by atoms with Gasteiger partial charge in [-0.3, -0.25) is 0 Å². The maximum absolute atomic E-state index is 15.6. The molecule has 0 saturated carbocycles. The number of halogens is 1. The fourth-order valence-corrected chi connectivity index (χ4v) is 5.86. The summed E-state index contributed by atoms with van der Waals surface area (Å²) in [4.78, 5) is 2.44. The molecular weight excluding hydrogens is 463 g/mol. The van der Waals surface area contributed by atoms with Gasteiger partial charge in [0.2, 0.25) is 0 Å². The first-order valence-electron chi connectivity index (χ1n) is 13.7. The molecule has 2 heterocycles. The van der Waals surface area contributed by atoms with Crippen molar-refractivity contribution in [1.29, 1.82) is 0 Å². The molecule has 5 rings (SSSR count). The third kappa shape index (κ3) is 5.68. The van der Waals surface area contributed by atoms with Crippen molar-refractivity contribution in [2.24, 2.45) is 11.1 Å². The molecule has 0 bridgehead atoms. The van der Waals surface area contributed by atoms with E-state index in [1.54, 1.807) is 6.07 Å². The second kappa shape index (κ2) is 11.2. The molecular formula is C32H39FN2O2. The molecule has 1 unspecified atom stereocenters. The number of nitrogens with two attached hydrogens (primary N) is 1. The Kier molecular flexibility index (Phi) is 7.82. The van der Waals surface area contributed by atoms with E-state index in [0.29, 0.717) is 23.1 Å². The molecule has 1 atom stereocenters. The summed E-state index contributed by atoms with van der Waals surface area (Å²) in [5.41, 5.74) is 11.7. The molecule has 0 aliphatic carbocycles. The van der Waals surface area contributed by atoms with E-state index in [-0.39, 0.29) is 11.9 Å². The van der Waals surface area contributed by atoms with Crippen molar-refractivity contribution >= 4 is 5.69 Å². The lowest BCUT2D eigenvalue weighted by molar-refractivity contribution is -0.0209. The molecule has 2 aliphatic heterocycles. The topological polar surface area (TPSA) is 47.7 Å². The summed E-state index contributed by atoms with van der Waals surface area (Å²) in [5, 5.41) is 0. The average Bonchev–Trinajstić information content (AvgIpc) is 2.92. The Balaban J connectivity index is 1.46.